The Hall–Kier alpha value is -1.83. The summed E-state index contributed by atoms with van der Waals surface area (Å²) >= 11 is 0. The van der Waals surface area contributed by atoms with Gasteiger partial charge in [-0.3, -0.25) is 9.59 Å². The number of carbonyl (C=O) groups is 2. The van der Waals surface area contributed by atoms with Crippen LogP contribution in [0.4, 0.5) is 0 Å². The first-order valence-electron chi connectivity index (χ1n) is 6.95. The molecule has 0 aliphatic rings. The van der Waals surface area contributed by atoms with E-state index in [1.54, 1.807) is 7.05 Å². The molecule has 112 valence electrons. The van der Waals surface area contributed by atoms with E-state index < -0.39 is 6.04 Å². The molecule has 0 rings (SSSR count). The molecule has 0 aromatic rings. The van der Waals surface area contributed by atoms with Gasteiger partial charge < -0.3 is 10.2 Å². The average Bonchev–Trinajstić information content (AvgIpc) is 2.41. The fourth-order valence-corrected chi connectivity index (χ4v) is 1.86. The molecule has 0 radical (unpaired) electrons. The first-order chi connectivity index (χ1) is 9.43. The van der Waals surface area contributed by atoms with Gasteiger partial charge in [0.1, 0.15) is 12.6 Å². The first kappa shape index (κ1) is 18.2. The zero-order chi connectivity index (χ0) is 15.5. The molecule has 0 aromatic carbocycles. The van der Waals surface area contributed by atoms with E-state index in [9.17, 15) is 9.59 Å². The molecule has 0 saturated heterocycles. The highest BCUT2D eigenvalue weighted by molar-refractivity contribution is 5.87. The van der Waals surface area contributed by atoms with Crippen LogP contribution in [-0.4, -0.2) is 36.3 Å². The zero-order valence-corrected chi connectivity index (χ0v) is 12.8. The van der Waals surface area contributed by atoms with Gasteiger partial charge in [-0.2, -0.15) is 5.26 Å². The number of nitriles is 1. The van der Waals surface area contributed by atoms with Gasteiger partial charge in [0.25, 0.3) is 0 Å². The quantitative estimate of drug-likeness (QED) is 0.544. The lowest BCUT2D eigenvalue weighted by atomic mass is 10.0. The maximum atomic E-state index is 12.1. The van der Waals surface area contributed by atoms with Crippen molar-refractivity contribution in [3.8, 4) is 6.07 Å². The number of rotatable bonds is 8. The third-order valence-corrected chi connectivity index (χ3v) is 2.96. The van der Waals surface area contributed by atoms with E-state index in [0.717, 1.165) is 0 Å². The maximum absolute atomic E-state index is 12.1. The van der Waals surface area contributed by atoms with E-state index in [2.05, 4.69) is 5.32 Å². The summed E-state index contributed by atoms with van der Waals surface area (Å²) in [5.41, 5.74) is 0. The highest BCUT2D eigenvalue weighted by atomic mass is 16.2. The lowest BCUT2D eigenvalue weighted by molar-refractivity contribution is -0.139. The Morgan fingerprint density at radius 1 is 1.40 bits per heavy atom. The van der Waals surface area contributed by atoms with Crippen LogP contribution in [0.3, 0.4) is 0 Å². The van der Waals surface area contributed by atoms with E-state index in [4.69, 9.17) is 5.26 Å². The van der Waals surface area contributed by atoms with Gasteiger partial charge in [-0.1, -0.05) is 26.0 Å². The molecule has 0 aliphatic carbocycles. The summed E-state index contributed by atoms with van der Waals surface area (Å²) in [6, 6.07) is 1.36. The molecule has 0 aromatic heterocycles. The predicted octanol–water partition coefficient (Wildman–Crippen LogP) is 1.86. The van der Waals surface area contributed by atoms with Crippen LogP contribution in [0.25, 0.3) is 0 Å². The molecule has 0 heterocycles. The topological polar surface area (TPSA) is 73.2 Å². The van der Waals surface area contributed by atoms with Crippen molar-refractivity contribution in [1.29, 1.82) is 5.26 Å². The molecule has 1 N–H and O–H groups in total. The lowest BCUT2D eigenvalue weighted by Crippen LogP contribution is -2.48. The summed E-state index contributed by atoms with van der Waals surface area (Å²) in [7, 11) is 1.65. The smallest absolute Gasteiger partial charge is 0.243 e. The number of hydrogen-bond donors (Lipinski definition) is 1. The van der Waals surface area contributed by atoms with Crippen molar-refractivity contribution in [2.45, 2.75) is 46.1 Å². The lowest BCUT2D eigenvalue weighted by Gasteiger charge is -2.28. The van der Waals surface area contributed by atoms with E-state index in [1.165, 1.54) is 4.90 Å². The first-order valence-corrected chi connectivity index (χ1v) is 6.95. The maximum Gasteiger partial charge on any atom is 0.243 e. The van der Waals surface area contributed by atoms with Gasteiger partial charge in [0.2, 0.25) is 11.8 Å². The van der Waals surface area contributed by atoms with Crippen molar-refractivity contribution >= 4 is 11.8 Å². The monoisotopic (exact) mass is 279 g/mol. The Labute approximate surface area is 121 Å². The molecule has 0 spiro atoms. The molecule has 2 amide bonds. The molecule has 1 unspecified atom stereocenters. The predicted molar refractivity (Wildman–Crippen MR) is 78.7 cm³/mol. The fourth-order valence-electron chi connectivity index (χ4n) is 1.86. The van der Waals surface area contributed by atoms with Crippen LogP contribution in [0.5, 0.6) is 0 Å². The van der Waals surface area contributed by atoms with Gasteiger partial charge in [0.05, 0.1) is 6.07 Å². The second-order valence-corrected chi connectivity index (χ2v) is 5.13. The SMILES string of the molecule is C/C=C/CCC(=O)N(C)C(CC(C)C)C(=O)NCC#N. The number of allylic oxidation sites excluding steroid dienone is 2. The Morgan fingerprint density at radius 3 is 2.55 bits per heavy atom. The number of nitrogens with zero attached hydrogens (tertiary/aromatic N) is 2. The molecule has 0 fully saturated rings. The van der Waals surface area contributed by atoms with Crippen LogP contribution >= 0.6 is 0 Å². The molecule has 20 heavy (non-hydrogen) atoms. The molecule has 5 heteroatoms. The van der Waals surface area contributed by atoms with Gasteiger partial charge in [-0.15, -0.1) is 0 Å². The number of likely N-dealkylation sites (N-methyl/N-ethyl adjacent to an activating group) is 1. The van der Waals surface area contributed by atoms with Crippen LogP contribution in [-0.2, 0) is 9.59 Å². The summed E-state index contributed by atoms with van der Waals surface area (Å²) in [4.78, 5) is 25.6. The molecule has 0 aliphatic heterocycles. The highest BCUT2D eigenvalue weighted by Gasteiger charge is 2.26. The van der Waals surface area contributed by atoms with Crippen LogP contribution in [0.2, 0.25) is 0 Å². The second-order valence-electron chi connectivity index (χ2n) is 5.13. The van der Waals surface area contributed by atoms with Crippen LogP contribution in [0.15, 0.2) is 12.2 Å². The Balaban J connectivity index is 4.70. The Bertz CT molecular complexity index is 383. The van der Waals surface area contributed by atoms with Crippen molar-refractivity contribution < 1.29 is 9.59 Å². The van der Waals surface area contributed by atoms with Gasteiger partial charge >= 0.3 is 0 Å². The molecular formula is C15H25N3O2. The molecule has 1 atom stereocenters. The van der Waals surface area contributed by atoms with Crippen molar-refractivity contribution in [2.24, 2.45) is 5.92 Å². The summed E-state index contributed by atoms with van der Waals surface area (Å²) in [6.07, 6.45) is 5.48. The summed E-state index contributed by atoms with van der Waals surface area (Å²) in [6.45, 7) is 5.88. The largest absolute Gasteiger partial charge is 0.341 e. The van der Waals surface area contributed by atoms with Crippen molar-refractivity contribution in [2.75, 3.05) is 13.6 Å². The molecule has 0 saturated carbocycles. The van der Waals surface area contributed by atoms with Crippen molar-refractivity contribution in [3.63, 3.8) is 0 Å². The minimum absolute atomic E-state index is 0.0337. The number of amides is 2. The zero-order valence-electron chi connectivity index (χ0n) is 12.8. The van der Waals surface area contributed by atoms with Crippen LogP contribution < -0.4 is 5.32 Å². The number of carbonyl (C=O) groups excluding carboxylic acids is 2. The van der Waals surface area contributed by atoms with Gasteiger partial charge in [-0.25, -0.2) is 0 Å². The van der Waals surface area contributed by atoms with Gasteiger partial charge in [0, 0.05) is 13.5 Å². The van der Waals surface area contributed by atoms with Crippen molar-refractivity contribution in [3.05, 3.63) is 12.2 Å². The van der Waals surface area contributed by atoms with Gasteiger partial charge in [-0.05, 0) is 25.7 Å². The van der Waals surface area contributed by atoms with E-state index in [0.29, 0.717) is 25.2 Å². The van der Waals surface area contributed by atoms with E-state index in [1.807, 2.05) is 39.0 Å². The number of nitrogens with one attached hydrogen (secondary N) is 1. The van der Waals surface area contributed by atoms with Crippen molar-refractivity contribution in [1.82, 2.24) is 10.2 Å². The van der Waals surface area contributed by atoms with E-state index in [-0.39, 0.29) is 18.4 Å². The minimum Gasteiger partial charge on any atom is -0.341 e. The fraction of sp³-hybridized carbons (Fsp3) is 0.667. The standard InChI is InChI=1S/C15H25N3O2/c1-5-6-7-8-14(19)18(4)13(11-12(2)3)15(20)17-10-9-16/h5-6,12-13H,7-8,10-11H2,1-4H3,(H,17,20)/b6-5+. The third kappa shape index (κ3) is 6.93. The minimum atomic E-state index is -0.513. The van der Waals surface area contributed by atoms with E-state index >= 15 is 0 Å². The van der Waals surface area contributed by atoms with Crippen LogP contribution in [0.1, 0.15) is 40.0 Å². The molecule has 0 bridgehead atoms. The average molecular weight is 279 g/mol. The van der Waals surface area contributed by atoms with Gasteiger partial charge in [0.15, 0.2) is 0 Å². The summed E-state index contributed by atoms with van der Waals surface area (Å²) < 4.78 is 0. The molecule has 5 nitrogen and oxygen atoms in total. The Kier molecular flexibility index (Phi) is 9.10. The van der Waals surface area contributed by atoms with Crippen LogP contribution in [0, 0.1) is 17.2 Å². The normalized spacial score (nSPS) is 12.2. The summed E-state index contributed by atoms with van der Waals surface area (Å²) in [5, 5.41) is 11.0. The number of hydrogen-bond acceptors (Lipinski definition) is 3. The summed E-state index contributed by atoms with van der Waals surface area (Å²) in [5.74, 6) is -0.0263. The third-order valence-electron chi connectivity index (χ3n) is 2.96. The highest BCUT2D eigenvalue weighted by Crippen LogP contribution is 2.12. The second kappa shape index (κ2) is 10.0. The molecular weight excluding hydrogens is 254 g/mol. The Morgan fingerprint density at radius 2 is 2.05 bits per heavy atom.